The van der Waals surface area contributed by atoms with E-state index in [4.69, 9.17) is 4.74 Å². The number of carbonyl (C=O) groups excluding carboxylic acids is 2. The summed E-state index contributed by atoms with van der Waals surface area (Å²) in [5.74, 6) is 0.268. The van der Waals surface area contributed by atoms with E-state index in [0.29, 0.717) is 17.7 Å². The highest BCUT2D eigenvalue weighted by molar-refractivity contribution is 5.99. The highest BCUT2D eigenvalue weighted by atomic mass is 16.5. The number of benzene rings is 2. The molecule has 2 rings (SSSR count). The molecule has 0 aliphatic carbocycles. The van der Waals surface area contributed by atoms with E-state index in [1.807, 2.05) is 32.0 Å². The van der Waals surface area contributed by atoms with Gasteiger partial charge in [-0.1, -0.05) is 45.0 Å². The first-order chi connectivity index (χ1) is 14.5. The van der Waals surface area contributed by atoms with Gasteiger partial charge < -0.3 is 20.1 Å². The molecule has 0 fully saturated rings. The van der Waals surface area contributed by atoms with E-state index in [-0.39, 0.29) is 30.4 Å². The zero-order valence-corrected chi connectivity index (χ0v) is 19.4. The molecule has 31 heavy (non-hydrogen) atoms. The summed E-state index contributed by atoms with van der Waals surface area (Å²) < 4.78 is 5.73. The molecule has 0 aromatic heterocycles. The molecule has 0 bridgehead atoms. The summed E-state index contributed by atoms with van der Waals surface area (Å²) in [6, 6.07) is 12.5. The van der Waals surface area contributed by atoms with Gasteiger partial charge in [0.1, 0.15) is 18.5 Å². The lowest BCUT2D eigenvalue weighted by Gasteiger charge is -2.26. The van der Waals surface area contributed by atoms with Crippen LogP contribution in [-0.2, 0) is 0 Å². The Balaban J connectivity index is 1.92. The number of aliphatic hydroxyl groups excluding tert-OH is 1. The SMILES string of the molecule is Cc1cccc(C)c1OCC(O)CNC(=O)c1cccc(C(=O)N(C)CC(C)(C)C)c1. The number of hydrogen-bond acceptors (Lipinski definition) is 4. The van der Waals surface area contributed by atoms with Crippen molar-refractivity contribution in [1.82, 2.24) is 10.2 Å². The van der Waals surface area contributed by atoms with E-state index in [1.165, 1.54) is 0 Å². The average molecular weight is 427 g/mol. The molecule has 168 valence electrons. The number of ether oxygens (including phenoxy) is 1. The number of amides is 2. The van der Waals surface area contributed by atoms with Gasteiger partial charge in [0.2, 0.25) is 0 Å². The Morgan fingerprint density at radius 2 is 1.65 bits per heavy atom. The number of hydrogen-bond donors (Lipinski definition) is 2. The Labute approximate surface area is 185 Å². The van der Waals surface area contributed by atoms with Crippen molar-refractivity contribution in [2.45, 2.75) is 40.7 Å². The molecular formula is C25H34N2O4. The standard InChI is InChI=1S/C25H34N2O4/c1-17-9-7-10-18(2)22(17)31-15-21(28)14-26-23(29)19-11-8-12-20(13-19)24(30)27(6)16-25(3,4)5/h7-13,21,28H,14-16H2,1-6H3,(H,26,29). The van der Waals surface area contributed by atoms with Crippen molar-refractivity contribution in [3.05, 3.63) is 64.7 Å². The summed E-state index contributed by atoms with van der Waals surface area (Å²) >= 11 is 0. The highest BCUT2D eigenvalue weighted by Gasteiger charge is 2.20. The Morgan fingerprint density at radius 3 is 2.26 bits per heavy atom. The van der Waals surface area contributed by atoms with Crippen LogP contribution in [0.15, 0.2) is 42.5 Å². The predicted octanol–water partition coefficient (Wildman–Crippen LogP) is 3.59. The Hall–Kier alpha value is -2.86. The summed E-state index contributed by atoms with van der Waals surface area (Å²) in [6.45, 7) is 10.8. The number of aryl methyl sites for hydroxylation is 2. The lowest BCUT2D eigenvalue weighted by molar-refractivity contribution is 0.0745. The van der Waals surface area contributed by atoms with Crippen LogP contribution in [0.2, 0.25) is 0 Å². The molecule has 1 atom stereocenters. The number of aliphatic hydroxyl groups is 1. The van der Waals surface area contributed by atoms with Crippen molar-refractivity contribution < 1.29 is 19.4 Å². The minimum absolute atomic E-state index is 0.0194. The van der Waals surface area contributed by atoms with Crippen LogP contribution >= 0.6 is 0 Å². The molecule has 0 aliphatic heterocycles. The second kappa shape index (κ2) is 10.4. The number of nitrogens with one attached hydrogen (secondary N) is 1. The number of para-hydroxylation sites is 1. The van der Waals surface area contributed by atoms with Gasteiger partial charge in [0, 0.05) is 31.3 Å². The van der Waals surface area contributed by atoms with Crippen molar-refractivity contribution in [2.75, 3.05) is 26.7 Å². The normalized spacial score (nSPS) is 12.2. The second-order valence-corrected chi connectivity index (χ2v) is 9.20. The molecule has 0 saturated carbocycles. The monoisotopic (exact) mass is 426 g/mol. The van der Waals surface area contributed by atoms with Crippen LogP contribution in [0.1, 0.15) is 52.6 Å². The van der Waals surface area contributed by atoms with Crippen LogP contribution in [0.3, 0.4) is 0 Å². The molecule has 0 heterocycles. The second-order valence-electron chi connectivity index (χ2n) is 9.20. The third-order valence-electron chi connectivity index (χ3n) is 4.76. The maximum Gasteiger partial charge on any atom is 0.253 e. The molecule has 2 aromatic carbocycles. The van der Waals surface area contributed by atoms with Crippen molar-refractivity contribution in [3.63, 3.8) is 0 Å². The molecule has 2 aromatic rings. The van der Waals surface area contributed by atoms with Gasteiger partial charge in [0.15, 0.2) is 0 Å². The van der Waals surface area contributed by atoms with Crippen LogP contribution in [0.5, 0.6) is 5.75 Å². The molecule has 6 heteroatoms. The van der Waals surface area contributed by atoms with Gasteiger partial charge >= 0.3 is 0 Å². The maximum atomic E-state index is 12.7. The highest BCUT2D eigenvalue weighted by Crippen LogP contribution is 2.22. The topological polar surface area (TPSA) is 78.9 Å². The molecule has 0 saturated heterocycles. The summed E-state index contributed by atoms with van der Waals surface area (Å²) in [5, 5.41) is 12.9. The zero-order chi connectivity index (χ0) is 23.2. The quantitative estimate of drug-likeness (QED) is 0.676. The van der Waals surface area contributed by atoms with Gasteiger partial charge in [-0.3, -0.25) is 9.59 Å². The Bertz CT molecular complexity index is 898. The molecule has 1 unspecified atom stereocenters. The van der Waals surface area contributed by atoms with Gasteiger partial charge in [0.05, 0.1) is 0 Å². The van der Waals surface area contributed by atoms with Crippen LogP contribution in [0, 0.1) is 19.3 Å². The minimum atomic E-state index is -0.856. The number of carbonyl (C=O) groups is 2. The van der Waals surface area contributed by atoms with E-state index in [2.05, 4.69) is 26.1 Å². The number of rotatable bonds is 8. The molecule has 2 N–H and O–H groups in total. The fraction of sp³-hybridized carbons (Fsp3) is 0.440. The van der Waals surface area contributed by atoms with E-state index in [9.17, 15) is 14.7 Å². The van der Waals surface area contributed by atoms with Crippen LogP contribution < -0.4 is 10.1 Å². The molecule has 2 amide bonds. The first kappa shape index (κ1) is 24.4. The first-order valence-corrected chi connectivity index (χ1v) is 10.5. The molecular weight excluding hydrogens is 392 g/mol. The third-order valence-corrected chi connectivity index (χ3v) is 4.76. The van der Waals surface area contributed by atoms with Gasteiger partial charge in [-0.2, -0.15) is 0 Å². The van der Waals surface area contributed by atoms with Crippen LogP contribution in [0.4, 0.5) is 0 Å². The third kappa shape index (κ3) is 7.40. The molecule has 0 spiro atoms. The Morgan fingerprint density at radius 1 is 1.06 bits per heavy atom. The summed E-state index contributed by atoms with van der Waals surface area (Å²) in [4.78, 5) is 26.9. The number of nitrogens with zero attached hydrogens (tertiary/aromatic N) is 1. The smallest absolute Gasteiger partial charge is 0.253 e. The van der Waals surface area contributed by atoms with Gasteiger partial charge in [0.25, 0.3) is 11.8 Å². The molecule has 0 radical (unpaired) electrons. The zero-order valence-electron chi connectivity index (χ0n) is 19.4. The van der Waals surface area contributed by atoms with E-state index >= 15 is 0 Å². The molecule has 6 nitrogen and oxygen atoms in total. The fourth-order valence-electron chi connectivity index (χ4n) is 3.38. The van der Waals surface area contributed by atoms with Crippen molar-refractivity contribution in [3.8, 4) is 5.75 Å². The fourth-order valence-corrected chi connectivity index (χ4v) is 3.38. The van der Waals surface area contributed by atoms with Crippen molar-refractivity contribution in [2.24, 2.45) is 5.41 Å². The maximum absolute atomic E-state index is 12.7. The minimum Gasteiger partial charge on any atom is -0.490 e. The van der Waals surface area contributed by atoms with Crippen molar-refractivity contribution in [1.29, 1.82) is 0 Å². The summed E-state index contributed by atoms with van der Waals surface area (Å²) in [5.41, 5.74) is 2.80. The van der Waals surface area contributed by atoms with Gasteiger partial charge in [-0.25, -0.2) is 0 Å². The molecule has 0 aliphatic rings. The van der Waals surface area contributed by atoms with E-state index in [0.717, 1.165) is 16.9 Å². The Kier molecular flexibility index (Phi) is 8.22. The van der Waals surface area contributed by atoms with E-state index in [1.54, 1.807) is 36.2 Å². The van der Waals surface area contributed by atoms with Crippen LogP contribution in [0.25, 0.3) is 0 Å². The first-order valence-electron chi connectivity index (χ1n) is 10.5. The predicted molar refractivity (Wildman–Crippen MR) is 123 cm³/mol. The summed E-state index contributed by atoms with van der Waals surface area (Å²) in [6.07, 6.45) is -0.856. The van der Waals surface area contributed by atoms with Crippen LogP contribution in [-0.4, -0.2) is 54.7 Å². The van der Waals surface area contributed by atoms with Gasteiger partial charge in [-0.05, 0) is 48.6 Å². The van der Waals surface area contributed by atoms with Crippen molar-refractivity contribution >= 4 is 11.8 Å². The largest absolute Gasteiger partial charge is 0.490 e. The van der Waals surface area contributed by atoms with Gasteiger partial charge in [-0.15, -0.1) is 0 Å². The lowest BCUT2D eigenvalue weighted by atomic mass is 9.96. The van der Waals surface area contributed by atoms with E-state index < -0.39 is 6.10 Å². The average Bonchev–Trinajstić information content (AvgIpc) is 2.69. The lowest BCUT2D eigenvalue weighted by Crippen LogP contribution is -2.36. The summed E-state index contributed by atoms with van der Waals surface area (Å²) in [7, 11) is 1.76.